The maximum absolute atomic E-state index is 15.8. The Kier molecular flexibility index (Phi) is 34.2. The summed E-state index contributed by atoms with van der Waals surface area (Å²) in [4.78, 5) is 186. The highest BCUT2D eigenvalue weighted by Gasteiger charge is 2.47. The average Bonchev–Trinajstić information content (AvgIpc) is 0.799. The van der Waals surface area contributed by atoms with Gasteiger partial charge in [0.15, 0.2) is 6.10 Å². The van der Waals surface area contributed by atoms with Crippen LogP contribution in [0.2, 0.25) is 0 Å². The van der Waals surface area contributed by atoms with Crippen LogP contribution in [-0.2, 0) is 73.4 Å². The predicted octanol–water partition coefficient (Wildman–Crippen LogP) is 4.99. The van der Waals surface area contributed by atoms with Gasteiger partial charge in [-0.25, -0.2) is 9.59 Å². The zero-order valence-electron chi connectivity index (χ0n) is 63.9. The molecule has 1 saturated heterocycles. The minimum Gasteiger partial charge on any atom is -0.497 e. The number of hydrogen-bond acceptors (Lipinski definition) is 17. The molecule has 2 rings (SSSR count). The van der Waals surface area contributed by atoms with Crippen LogP contribution < -0.4 is 20.7 Å². The number of carbonyl (C=O) groups excluding carboxylic acids is 12. The third-order valence-corrected chi connectivity index (χ3v) is 18.3. The molecule has 0 spiro atoms. The molecule has 13 atom stereocenters. The number of esters is 2. The molecule has 1 aromatic carbocycles. The Labute approximate surface area is 583 Å². The molecule has 1 aromatic rings. The van der Waals surface area contributed by atoms with E-state index in [0.717, 1.165) is 14.7 Å². The zero-order valence-corrected chi connectivity index (χ0v) is 63.9. The fourth-order valence-electron chi connectivity index (χ4n) is 12.0. The number of nitrogens with one attached hydrogen (secondary N) is 3. The number of rotatable bonds is 25. The SMILES string of the molecule is CC[C@H](C)[C@H]1C(=O)N[C@@H](C)C(=O)N(C)[C@@H](CC(C)C)C(=O)N[C@@H](Cc2ccc(OC)cc2)C(=O)N(C)[C@H](C)C(=O)O[C@H](C)[C@H](N(C)C(=O)[C@H](CC(C)C)N(C)C(=O)[C@H](CCCCNC(=O)OC(C)(C)C)N(C)C(=O)[C@H](OC(=O)[C@H](C(C)C)N(C)C)C(C)C)C(=O)N(C)[C@@H](C)C(=O)N1C. The van der Waals surface area contributed by atoms with Crippen LogP contribution in [0.25, 0.3) is 0 Å². The molecule has 0 radical (unpaired) electrons. The van der Waals surface area contributed by atoms with Gasteiger partial charge in [-0.2, -0.15) is 0 Å². The minimum absolute atomic E-state index is 0.000599. The summed E-state index contributed by atoms with van der Waals surface area (Å²) >= 11 is 0. The van der Waals surface area contributed by atoms with Crippen molar-refractivity contribution in [1.29, 1.82) is 0 Å². The van der Waals surface area contributed by atoms with E-state index in [1.54, 1.807) is 84.8 Å². The molecule has 1 aliphatic rings. The van der Waals surface area contributed by atoms with Crippen molar-refractivity contribution in [2.24, 2.45) is 29.6 Å². The van der Waals surface area contributed by atoms with Crippen molar-refractivity contribution in [3.63, 3.8) is 0 Å². The Morgan fingerprint density at radius 3 is 1.71 bits per heavy atom. The molecular weight excluding hydrogens is 1260 g/mol. The van der Waals surface area contributed by atoms with E-state index in [9.17, 15) is 43.2 Å². The van der Waals surface area contributed by atoms with E-state index >= 15 is 14.4 Å². The van der Waals surface area contributed by atoms with Crippen molar-refractivity contribution in [2.45, 2.75) is 241 Å². The largest absolute Gasteiger partial charge is 0.497 e. The molecule has 0 aliphatic carbocycles. The third-order valence-electron chi connectivity index (χ3n) is 18.3. The van der Waals surface area contributed by atoms with Crippen LogP contribution in [0.5, 0.6) is 5.75 Å². The fourth-order valence-corrected chi connectivity index (χ4v) is 12.0. The number of benzene rings is 1. The maximum atomic E-state index is 15.8. The summed E-state index contributed by atoms with van der Waals surface area (Å²) in [5.74, 6) is -9.51. The van der Waals surface area contributed by atoms with Crippen LogP contribution in [0.3, 0.4) is 0 Å². The van der Waals surface area contributed by atoms with Gasteiger partial charge in [-0.1, -0.05) is 87.8 Å². The minimum atomic E-state index is -1.77. The number of likely N-dealkylation sites (N-methyl/N-ethyl adjacent to an activating group) is 8. The van der Waals surface area contributed by atoms with Crippen molar-refractivity contribution in [3.8, 4) is 5.75 Å². The number of methoxy groups -OCH3 is 1. The first-order chi connectivity index (χ1) is 45.3. The van der Waals surface area contributed by atoms with E-state index < -0.39 is 161 Å². The molecule has 1 fully saturated rings. The number of unbranched alkanes of at least 4 members (excludes halogenated alkanes) is 1. The summed E-state index contributed by atoms with van der Waals surface area (Å²) in [7, 11) is 14.5. The molecular formula is C71H121N11O16. The van der Waals surface area contributed by atoms with Gasteiger partial charge >= 0.3 is 18.0 Å². The number of alkyl carbamates (subject to hydrolysis) is 1. The second kappa shape index (κ2) is 38.7. The summed E-state index contributed by atoms with van der Waals surface area (Å²) in [5.41, 5.74) is -0.173. The van der Waals surface area contributed by atoms with Crippen LogP contribution in [0.4, 0.5) is 4.79 Å². The van der Waals surface area contributed by atoms with Gasteiger partial charge < -0.3 is 69.2 Å². The summed E-state index contributed by atoms with van der Waals surface area (Å²) in [5, 5.41) is 8.36. The number of cyclic esters (lactones) is 1. The quantitative estimate of drug-likeness (QED) is 0.0660. The molecule has 98 heavy (non-hydrogen) atoms. The molecule has 0 bridgehead atoms. The topological polar surface area (TPSA) is 304 Å². The Morgan fingerprint density at radius 1 is 0.653 bits per heavy atom. The lowest BCUT2D eigenvalue weighted by molar-refractivity contribution is -0.170. The van der Waals surface area contributed by atoms with Gasteiger partial charge in [0.25, 0.3) is 5.91 Å². The summed E-state index contributed by atoms with van der Waals surface area (Å²) in [6.07, 6.45) is -2.55. The molecule has 3 N–H and O–H groups in total. The Hall–Kier alpha value is -7.58. The highest BCUT2D eigenvalue weighted by Crippen LogP contribution is 2.26. The zero-order chi connectivity index (χ0) is 75.5. The maximum Gasteiger partial charge on any atom is 0.407 e. The summed E-state index contributed by atoms with van der Waals surface area (Å²) in [6.45, 7) is 29.0. The normalized spacial score (nSPS) is 22.5. The second-order valence-electron chi connectivity index (χ2n) is 29.2. The van der Waals surface area contributed by atoms with Crippen molar-refractivity contribution >= 4 is 71.2 Å². The average molecular weight is 1380 g/mol. The fraction of sp³-hybridized carbons (Fsp3) is 0.746. The Balaban J connectivity index is 3.01. The number of nitrogens with zero attached hydrogens (tertiary/aromatic N) is 8. The van der Waals surface area contributed by atoms with Gasteiger partial charge in [0, 0.05) is 62.3 Å². The first kappa shape index (κ1) is 86.5. The van der Waals surface area contributed by atoms with Crippen LogP contribution in [0.15, 0.2) is 24.3 Å². The standard InChI is InChI=1S/C71H121N11O16/c1-28-44(10)56-60(84)73-45(11)61(85)79(23)53(37-40(2)3)59(83)74-51(39-49-32-34-50(95-27)35-33-49)63(87)77(21)47(13)68(92)96-48(14)57(66(90)76(20)46(12)62(86)81(56)25)82(26)65(89)54(38-41(4)5)80(24)64(88)52(31-29-30-36-72-70(94)98-71(15,16)17)78(22)67(91)58(43(8)9)97-69(93)55(42(6)7)75(18)19/h32-35,40-48,51-58H,28-31,36-39H2,1-27H3,(H,72,94)(H,73,84)(H,74,83)/t44-,45-,46-,47+,48+,51-,52-,53-,54-,55-,56-,57-,58+/m0/s1. The van der Waals surface area contributed by atoms with Crippen molar-refractivity contribution in [2.75, 3.05) is 77.1 Å². The summed E-state index contributed by atoms with van der Waals surface area (Å²) in [6, 6.07) is -6.15. The Bertz CT molecular complexity index is 2870. The van der Waals surface area contributed by atoms with E-state index in [4.69, 9.17) is 18.9 Å². The highest BCUT2D eigenvalue weighted by atomic mass is 16.6. The molecule has 1 aliphatic heterocycles. The van der Waals surface area contributed by atoms with Crippen molar-refractivity contribution < 1.29 is 76.5 Å². The first-order valence-corrected chi connectivity index (χ1v) is 34.4. The highest BCUT2D eigenvalue weighted by molar-refractivity contribution is 5.99. The van der Waals surface area contributed by atoms with Crippen molar-refractivity contribution in [1.82, 2.24) is 55.1 Å². The molecule has 27 heteroatoms. The third kappa shape index (κ3) is 24.1. The lowest BCUT2D eigenvalue weighted by Crippen LogP contribution is -2.63. The van der Waals surface area contributed by atoms with E-state index in [1.165, 1.54) is 104 Å². The van der Waals surface area contributed by atoms with E-state index in [-0.39, 0.29) is 56.4 Å². The molecule has 0 saturated carbocycles. The van der Waals surface area contributed by atoms with Crippen molar-refractivity contribution in [3.05, 3.63) is 29.8 Å². The lowest BCUT2D eigenvalue weighted by atomic mass is 9.95. The molecule has 10 amide bonds. The molecule has 0 unspecified atom stereocenters. The predicted molar refractivity (Wildman–Crippen MR) is 373 cm³/mol. The number of ether oxygens (including phenoxy) is 4. The van der Waals surface area contributed by atoms with Crippen LogP contribution in [-0.4, -0.2) is 266 Å². The molecule has 0 aromatic heterocycles. The van der Waals surface area contributed by atoms with Crippen LogP contribution in [0.1, 0.15) is 162 Å². The van der Waals surface area contributed by atoms with Crippen LogP contribution in [0, 0.1) is 29.6 Å². The van der Waals surface area contributed by atoms with Gasteiger partial charge in [-0.15, -0.1) is 0 Å². The Morgan fingerprint density at radius 2 is 1.21 bits per heavy atom. The first-order valence-electron chi connectivity index (χ1n) is 34.4. The lowest BCUT2D eigenvalue weighted by Gasteiger charge is -2.41. The van der Waals surface area contributed by atoms with E-state index in [0.29, 0.717) is 24.2 Å². The molecule has 556 valence electrons. The van der Waals surface area contributed by atoms with E-state index in [2.05, 4.69) is 16.0 Å². The number of carbonyl (C=O) groups is 12. The molecule has 27 nitrogen and oxygen atoms in total. The van der Waals surface area contributed by atoms with Crippen LogP contribution >= 0.6 is 0 Å². The number of amides is 10. The van der Waals surface area contributed by atoms with Gasteiger partial charge in [0.05, 0.1) is 7.11 Å². The smallest absolute Gasteiger partial charge is 0.407 e. The van der Waals surface area contributed by atoms with E-state index in [1.807, 2.05) is 48.5 Å². The second-order valence-corrected chi connectivity index (χ2v) is 29.2. The van der Waals surface area contributed by atoms with Gasteiger partial charge in [-0.05, 0) is 142 Å². The monoisotopic (exact) mass is 1380 g/mol. The molecule has 1 heterocycles. The summed E-state index contributed by atoms with van der Waals surface area (Å²) < 4.78 is 22.9. The van der Waals surface area contributed by atoms with Gasteiger partial charge in [0.1, 0.15) is 77.9 Å². The van der Waals surface area contributed by atoms with Gasteiger partial charge in [-0.3, -0.25) is 52.8 Å². The number of hydrogen-bond donors (Lipinski definition) is 3. The van der Waals surface area contributed by atoms with Gasteiger partial charge in [0.2, 0.25) is 47.3 Å².